The molecule has 2 rings (SSSR count). The molecule has 1 amide bonds. The van der Waals surface area contributed by atoms with E-state index in [1.54, 1.807) is 14.0 Å². The third kappa shape index (κ3) is 2.81. The average molecular weight is 280 g/mol. The number of carbonyl (C=O) groups excluding carboxylic acids is 1. The number of rotatable bonds is 3. The molecule has 1 aliphatic rings. The summed E-state index contributed by atoms with van der Waals surface area (Å²) in [6.07, 6.45) is 4.00. The molecule has 20 heavy (non-hydrogen) atoms. The van der Waals surface area contributed by atoms with Crippen LogP contribution in [-0.4, -0.2) is 26.7 Å². The van der Waals surface area contributed by atoms with E-state index in [1.165, 1.54) is 4.68 Å². The number of amides is 1. The molecule has 0 radical (unpaired) electrons. The van der Waals surface area contributed by atoms with Crippen LogP contribution in [0.4, 0.5) is 5.69 Å². The van der Waals surface area contributed by atoms with E-state index in [9.17, 15) is 14.9 Å². The third-order valence-corrected chi connectivity index (χ3v) is 4.05. The van der Waals surface area contributed by atoms with Crippen LogP contribution >= 0.6 is 0 Å². The van der Waals surface area contributed by atoms with E-state index in [4.69, 9.17) is 0 Å². The fourth-order valence-electron chi connectivity index (χ4n) is 2.63. The summed E-state index contributed by atoms with van der Waals surface area (Å²) < 4.78 is 1.37. The molecule has 0 aromatic carbocycles. The fraction of sp³-hybridized carbons (Fsp3) is 0.692. The van der Waals surface area contributed by atoms with E-state index in [0.717, 1.165) is 25.7 Å². The van der Waals surface area contributed by atoms with Gasteiger partial charge in [-0.05, 0) is 38.5 Å². The van der Waals surface area contributed by atoms with Crippen LogP contribution in [0, 0.1) is 23.0 Å². The number of hydrogen-bond acceptors (Lipinski definition) is 4. The third-order valence-electron chi connectivity index (χ3n) is 4.05. The minimum absolute atomic E-state index is 0.0892. The zero-order valence-electron chi connectivity index (χ0n) is 12.0. The molecule has 1 aromatic rings. The minimum atomic E-state index is -0.541. The number of aryl methyl sites for hydroxylation is 1. The van der Waals surface area contributed by atoms with E-state index >= 15 is 0 Å². The van der Waals surface area contributed by atoms with Crippen molar-refractivity contribution < 1.29 is 9.72 Å². The molecule has 0 atom stereocenters. The van der Waals surface area contributed by atoms with Crippen molar-refractivity contribution in [2.75, 3.05) is 0 Å². The summed E-state index contributed by atoms with van der Waals surface area (Å²) in [7, 11) is 1.60. The highest BCUT2D eigenvalue weighted by Gasteiger charge is 2.30. The number of nitrogens with one attached hydrogen (secondary N) is 1. The van der Waals surface area contributed by atoms with Crippen LogP contribution in [0.2, 0.25) is 0 Å². The Labute approximate surface area is 117 Å². The van der Waals surface area contributed by atoms with Gasteiger partial charge in [-0.2, -0.15) is 5.10 Å². The quantitative estimate of drug-likeness (QED) is 0.676. The average Bonchev–Trinajstić information content (AvgIpc) is 2.69. The lowest BCUT2D eigenvalue weighted by Gasteiger charge is -2.26. The van der Waals surface area contributed by atoms with Crippen LogP contribution in [0.15, 0.2) is 0 Å². The van der Waals surface area contributed by atoms with Gasteiger partial charge in [-0.25, -0.2) is 0 Å². The predicted octanol–water partition coefficient (Wildman–Crippen LogP) is 1.95. The van der Waals surface area contributed by atoms with Gasteiger partial charge in [-0.3, -0.25) is 19.6 Å². The van der Waals surface area contributed by atoms with Gasteiger partial charge in [0.05, 0.1) is 4.92 Å². The van der Waals surface area contributed by atoms with Crippen molar-refractivity contribution in [3.05, 3.63) is 21.5 Å². The van der Waals surface area contributed by atoms with Gasteiger partial charge in [0.1, 0.15) is 5.69 Å². The van der Waals surface area contributed by atoms with E-state index in [2.05, 4.69) is 17.3 Å². The zero-order chi connectivity index (χ0) is 14.9. The maximum Gasteiger partial charge on any atom is 0.322 e. The Morgan fingerprint density at radius 3 is 2.55 bits per heavy atom. The topological polar surface area (TPSA) is 90.1 Å². The molecule has 1 fully saturated rings. The monoisotopic (exact) mass is 280 g/mol. The van der Waals surface area contributed by atoms with Gasteiger partial charge < -0.3 is 5.32 Å². The molecule has 7 heteroatoms. The second-order valence-corrected chi connectivity index (χ2v) is 5.59. The molecule has 1 saturated carbocycles. The molecule has 0 unspecified atom stereocenters. The predicted molar refractivity (Wildman–Crippen MR) is 73.5 cm³/mol. The van der Waals surface area contributed by atoms with Crippen LogP contribution < -0.4 is 5.32 Å². The molecule has 1 heterocycles. The Hall–Kier alpha value is -1.92. The Bertz CT molecular complexity index is 530. The number of nitro groups is 1. The van der Waals surface area contributed by atoms with Crippen LogP contribution in [0.1, 0.15) is 48.8 Å². The SMILES string of the molecule is Cc1c([N+](=O)[O-])c(C(=O)NC2CCC(C)CC2)nn1C. The van der Waals surface area contributed by atoms with Crippen molar-refractivity contribution in [1.82, 2.24) is 15.1 Å². The molecule has 1 aromatic heterocycles. The molecule has 1 aliphatic carbocycles. The molecule has 0 aliphatic heterocycles. The number of nitrogens with zero attached hydrogens (tertiary/aromatic N) is 3. The van der Waals surface area contributed by atoms with Crippen molar-refractivity contribution in [2.24, 2.45) is 13.0 Å². The Morgan fingerprint density at radius 1 is 1.40 bits per heavy atom. The van der Waals surface area contributed by atoms with E-state index in [0.29, 0.717) is 11.6 Å². The minimum Gasteiger partial charge on any atom is -0.348 e. The molecule has 1 N–H and O–H groups in total. The molecule has 0 bridgehead atoms. The van der Waals surface area contributed by atoms with Crippen molar-refractivity contribution >= 4 is 11.6 Å². The highest BCUT2D eigenvalue weighted by atomic mass is 16.6. The number of aromatic nitrogens is 2. The summed E-state index contributed by atoms with van der Waals surface area (Å²) in [4.78, 5) is 22.7. The lowest BCUT2D eigenvalue weighted by atomic mass is 9.87. The first-order chi connectivity index (χ1) is 9.40. The van der Waals surface area contributed by atoms with E-state index in [-0.39, 0.29) is 17.4 Å². The highest BCUT2D eigenvalue weighted by molar-refractivity contribution is 5.96. The second-order valence-electron chi connectivity index (χ2n) is 5.59. The molecular formula is C13H20N4O3. The van der Waals surface area contributed by atoms with Gasteiger partial charge in [0.2, 0.25) is 5.69 Å². The summed E-state index contributed by atoms with van der Waals surface area (Å²) in [5.41, 5.74) is 0.0974. The summed E-state index contributed by atoms with van der Waals surface area (Å²) in [5, 5.41) is 17.9. The number of carbonyl (C=O) groups is 1. The smallest absolute Gasteiger partial charge is 0.322 e. The Balaban J connectivity index is 2.13. The maximum atomic E-state index is 12.2. The number of hydrogen-bond donors (Lipinski definition) is 1. The lowest BCUT2D eigenvalue weighted by molar-refractivity contribution is -0.385. The summed E-state index contributed by atoms with van der Waals surface area (Å²) in [5.74, 6) is 0.245. The van der Waals surface area contributed by atoms with E-state index in [1.807, 2.05) is 0 Å². The Morgan fingerprint density at radius 2 is 2.00 bits per heavy atom. The maximum absolute atomic E-state index is 12.2. The van der Waals surface area contributed by atoms with E-state index < -0.39 is 10.8 Å². The van der Waals surface area contributed by atoms with Gasteiger partial charge in [0.25, 0.3) is 5.91 Å². The van der Waals surface area contributed by atoms with Crippen molar-refractivity contribution in [2.45, 2.75) is 45.6 Å². The normalized spacial score (nSPS) is 22.6. The largest absolute Gasteiger partial charge is 0.348 e. The van der Waals surface area contributed by atoms with Crippen LogP contribution in [-0.2, 0) is 7.05 Å². The van der Waals surface area contributed by atoms with Crippen LogP contribution in [0.5, 0.6) is 0 Å². The van der Waals surface area contributed by atoms with Gasteiger partial charge >= 0.3 is 5.69 Å². The van der Waals surface area contributed by atoms with Gasteiger partial charge in [-0.1, -0.05) is 6.92 Å². The van der Waals surface area contributed by atoms with Crippen molar-refractivity contribution in [3.8, 4) is 0 Å². The first-order valence-corrected chi connectivity index (χ1v) is 6.89. The van der Waals surface area contributed by atoms with Gasteiger partial charge in [-0.15, -0.1) is 0 Å². The van der Waals surface area contributed by atoms with Crippen LogP contribution in [0.3, 0.4) is 0 Å². The fourth-order valence-corrected chi connectivity index (χ4v) is 2.63. The molecule has 7 nitrogen and oxygen atoms in total. The lowest BCUT2D eigenvalue weighted by Crippen LogP contribution is -2.37. The summed E-state index contributed by atoms with van der Waals surface area (Å²) in [6, 6.07) is 0.0978. The second kappa shape index (κ2) is 5.60. The highest BCUT2D eigenvalue weighted by Crippen LogP contribution is 2.25. The van der Waals surface area contributed by atoms with Crippen molar-refractivity contribution in [3.63, 3.8) is 0 Å². The first kappa shape index (κ1) is 14.5. The van der Waals surface area contributed by atoms with Crippen LogP contribution in [0.25, 0.3) is 0 Å². The standard InChI is InChI=1S/C13H20N4O3/c1-8-4-6-10(7-5-8)14-13(18)11-12(17(19)20)9(2)16(3)15-11/h8,10H,4-7H2,1-3H3,(H,14,18). The molecule has 0 spiro atoms. The van der Waals surface area contributed by atoms with Crippen molar-refractivity contribution in [1.29, 1.82) is 0 Å². The summed E-state index contributed by atoms with van der Waals surface area (Å²) >= 11 is 0. The zero-order valence-corrected chi connectivity index (χ0v) is 12.0. The Kier molecular flexibility index (Phi) is 4.06. The molecule has 0 saturated heterocycles. The van der Waals surface area contributed by atoms with Gasteiger partial charge in [0, 0.05) is 13.1 Å². The molecule has 110 valence electrons. The molecular weight excluding hydrogens is 260 g/mol. The van der Waals surface area contributed by atoms with Gasteiger partial charge in [0.15, 0.2) is 0 Å². The first-order valence-electron chi connectivity index (χ1n) is 6.89. The summed E-state index contributed by atoms with van der Waals surface area (Å²) in [6.45, 7) is 3.79.